The molecular formula is C16H17FN2O4. The normalized spacial score (nSPS) is 10.3. The van der Waals surface area contributed by atoms with E-state index in [0.29, 0.717) is 6.61 Å². The molecule has 6 nitrogen and oxygen atoms in total. The molecule has 0 aliphatic rings. The third kappa shape index (κ3) is 3.16. The van der Waals surface area contributed by atoms with E-state index in [9.17, 15) is 19.9 Å². The summed E-state index contributed by atoms with van der Waals surface area (Å²) < 4.78 is 26.3. The van der Waals surface area contributed by atoms with Crippen LogP contribution in [0, 0.1) is 17.1 Å². The monoisotopic (exact) mass is 320 g/mol. The van der Waals surface area contributed by atoms with Gasteiger partial charge in [-0.2, -0.15) is 5.26 Å². The number of hydrogen-bond acceptors (Lipinski definition) is 5. The molecule has 1 aromatic heterocycles. The summed E-state index contributed by atoms with van der Waals surface area (Å²) in [4.78, 5) is 0. The van der Waals surface area contributed by atoms with E-state index >= 15 is 0 Å². The lowest BCUT2D eigenvalue weighted by Crippen LogP contribution is -2.07. The molecule has 1 heterocycles. The average molecular weight is 320 g/mol. The van der Waals surface area contributed by atoms with E-state index in [4.69, 9.17) is 9.47 Å². The largest absolute Gasteiger partial charge is 0.494 e. The molecule has 2 aromatic rings. The van der Waals surface area contributed by atoms with Crippen LogP contribution in [-0.4, -0.2) is 28.0 Å². The zero-order valence-corrected chi connectivity index (χ0v) is 12.8. The van der Waals surface area contributed by atoms with Crippen molar-refractivity contribution in [1.82, 2.24) is 4.57 Å². The molecule has 0 saturated heterocycles. The Hall–Kier alpha value is -2.88. The van der Waals surface area contributed by atoms with Gasteiger partial charge in [0.25, 0.3) is 0 Å². The highest BCUT2D eigenvalue weighted by atomic mass is 19.1. The van der Waals surface area contributed by atoms with Crippen molar-refractivity contribution < 1.29 is 24.1 Å². The van der Waals surface area contributed by atoms with Gasteiger partial charge < -0.3 is 19.7 Å². The minimum atomic E-state index is -0.818. The Morgan fingerprint density at radius 3 is 2.30 bits per heavy atom. The Bertz CT molecular complexity index is 730. The highest BCUT2D eigenvalue weighted by Gasteiger charge is 2.21. The second kappa shape index (κ2) is 6.92. The van der Waals surface area contributed by atoms with Crippen LogP contribution in [0.15, 0.2) is 18.2 Å². The summed E-state index contributed by atoms with van der Waals surface area (Å²) in [5, 5.41) is 28.7. The van der Waals surface area contributed by atoms with Crippen molar-refractivity contribution in [2.75, 3.05) is 13.2 Å². The van der Waals surface area contributed by atoms with Gasteiger partial charge in [0.15, 0.2) is 29.1 Å². The van der Waals surface area contributed by atoms with Gasteiger partial charge in [-0.15, -0.1) is 0 Å². The highest BCUT2D eigenvalue weighted by Crippen LogP contribution is 2.36. The fourth-order valence-corrected chi connectivity index (χ4v) is 2.22. The average Bonchev–Trinajstić information content (AvgIpc) is 2.83. The van der Waals surface area contributed by atoms with Crippen molar-refractivity contribution in [3.8, 4) is 29.3 Å². The molecule has 0 atom stereocenters. The molecule has 2 rings (SSSR count). The maximum Gasteiger partial charge on any atom is 0.198 e. The lowest BCUT2D eigenvalue weighted by Gasteiger charge is -2.16. The number of rotatable bonds is 6. The number of halogens is 1. The van der Waals surface area contributed by atoms with E-state index in [2.05, 4.69) is 0 Å². The van der Waals surface area contributed by atoms with Crippen LogP contribution in [0.3, 0.4) is 0 Å². The number of aromatic nitrogens is 1. The standard InChI is InChI=1S/C16H17FN2O4/c1-3-22-12-7-10(9-19-13(20)5-6-14(19)21)11(8-18)15(17)16(12)23-4-2/h5-7,20-21H,3-4,9H2,1-2H3. The van der Waals surface area contributed by atoms with Gasteiger partial charge in [0.2, 0.25) is 0 Å². The molecule has 0 aliphatic carbocycles. The number of nitrogens with zero attached hydrogens (tertiary/aromatic N) is 2. The van der Waals surface area contributed by atoms with Crippen LogP contribution in [0.4, 0.5) is 4.39 Å². The van der Waals surface area contributed by atoms with Crippen molar-refractivity contribution in [3.05, 3.63) is 35.1 Å². The maximum atomic E-state index is 14.6. The minimum Gasteiger partial charge on any atom is -0.494 e. The summed E-state index contributed by atoms with van der Waals surface area (Å²) in [5.74, 6) is -1.15. The summed E-state index contributed by atoms with van der Waals surface area (Å²) in [7, 11) is 0. The molecule has 1 aromatic carbocycles. The minimum absolute atomic E-state index is 0.0863. The Balaban J connectivity index is 2.57. The first-order chi connectivity index (χ1) is 11.0. The first-order valence-electron chi connectivity index (χ1n) is 7.11. The zero-order valence-electron chi connectivity index (χ0n) is 12.8. The van der Waals surface area contributed by atoms with Crippen molar-refractivity contribution >= 4 is 0 Å². The van der Waals surface area contributed by atoms with Gasteiger partial charge in [-0.05, 0) is 25.5 Å². The van der Waals surface area contributed by atoms with E-state index in [1.165, 1.54) is 18.2 Å². The molecule has 0 radical (unpaired) electrons. The van der Waals surface area contributed by atoms with Gasteiger partial charge in [0.05, 0.1) is 25.3 Å². The summed E-state index contributed by atoms with van der Waals surface area (Å²) >= 11 is 0. The van der Waals surface area contributed by atoms with Gasteiger partial charge in [-0.25, -0.2) is 4.39 Å². The molecule has 122 valence electrons. The molecule has 0 bridgehead atoms. The van der Waals surface area contributed by atoms with Gasteiger partial charge in [0.1, 0.15) is 6.07 Å². The summed E-state index contributed by atoms with van der Waals surface area (Å²) in [6.07, 6.45) is 0. The van der Waals surface area contributed by atoms with Crippen molar-refractivity contribution in [3.63, 3.8) is 0 Å². The Labute approximate surface area is 132 Å². The van der Waals surface area contributed by atoms with Gasteiger partial charge in [-0.1, -0.05) is 0 Å². The Kier molecular flexibility index (Phi) is 4.96. The maximum absolute atomic E-state index is 14.6. The molecule has 0 fully saturated rings. The molecule has 0 unspecified atom stereocenters. The first-order valence-corrected chi connectivity index (χ1v) is 7.11. The fourth-order valence-electron chi connectivity index (χ4n) is 2.22. The number of nitriles is 1. The molecule has 0 spiro atoms. The van der Waals surface area contributed by atoms with Crippen molar-refractivity contribution in [1.29, 1.82) is 5.26 Å². The zero-order chi connectivity index (χ0) is 17.0. The fraction of sp³-hybridized carbons (Fsp3) is 0.312. The second-order valence-corrected chi connectivity index (χ2v) is 4.67. The highest BCUT2D eigenvalue weighted by molar-refractivity contribution is 5.53. The lowest BCUT2D eigenvalue weighted by atomic mass is 10.1. The van der Waals surface area contributed by atoms with Crippen LogP contribution >= 0.6 is 0 Å². The molecule has 23 heavy (non-hydrogen) atoms. The van der Waals surface area contributed by atoms with Crippen LogP contribution in [0.1, 0.15) is 25.0 Å². The summed E-state index contributed by atoms with van der Waals surface area (Å²) in [6.45, 7) is 3.88. The van der Waals surface area contributed by atoms with Crippen LogP contribution in [0.5, 0.6) is 23.3 Å². The Morgan fingerprint density at radius 1 is 1.17 bits per heavy atom. The molecule has 0 saturated carbocycles. The third-order valence-electron chi connectivity index (χ3n) is 3.23. The SMILES string of the molecule is CCOc1cc(Cn2c(O)ccc2O)c(C#N)c(F)c1OCC. The first kappa shape index (κ1) is 16.5. The smallest absolute Gasteiger partial charge is 0.198 e. The topological polar surface area (TPSA) is 87.6 Å². The molecule has 7 heteroatoms. The van der Waals surface area contributed by atoms with Crippen LogP contribution in [0.25, 0.3) is 0 Å². The van der Waals surface area contributed by atoms with Crippen LogP contribution < -0.4 is 9.47 Å². The molecular weight excluding hydrogens is 303 g/mol. The molecule has 0 amide bonds. The second-order valence-electron chi connectivity index (χ2n) is 4.67. The quantitative estimate of drug-likeness (QED) is 0.854. The van der Waals surface area contributed by atoms with Crippen LogP contribution in [-0.2, 0) is 6.54 Å². The summed E-state index contributed by atoms with van der Waals surface area (Å²) in [6, 6.07) is 5.88. The lowest BCUT2D eigenvalue weighted by molar-refractivity contribution is 0.275. The van der Waals surface area contributed by atoms with Gasteiger partial charge >= 0.3 is 0 Å². The van der Waals surface area contributed by atoms with Crippen molar-refractivity contribution in [2.45, 2.75) is 20.4 Å². The van der Waals surface area contributed by atoms with Gasteiger partial charge in [0, 0.05) is 12.1 Å². The van der Waals surface area contributed by atoms with Crippen LogP contribution in [0.2, 0.25) is 0 Å². The number of aromatic hydroxyl groups is 2. The Morgan fingerprint density at radius 2 is 1.78 bits per heavy atom. The molecule has 2 N–H and O–H groups in total. The van der Waals surface area contributed by atoms with Crippen molar-refractivity contribution in [2.24, 2.45) is 0 Å². The number of ether oxygens (including phenoxy) is 2. The number of benzene rings is 1. The summed E-state index contributed by atoms with van der Waals surface area (Å²) in [5.41, 5.74) is 0.0445. The van der Waals surface area contributed by atoms with E-state index < -0.39 is 5.82 Å². The van der Waals surface area contributed by atoms with E-state index in [-0.39, 0.29) is 47.5 Å². The molecule has 0 aliphatic heterocycles. The predicted octanol–water partition coefficient (Wildman–Crippen LogP) is 2.76. The van der Waals surface area contributed by atoms with Gasteiger partial charge in [-0.3, -0.25) is 4.57 Å². The predicted molar refractivity (Wildman–Crippen MR) is 80.3 cm³/mol. The van der Waals surface area contributed by atoms with E-state index in [0.717, 1.165) is 4.57 Å². The van der Waals surface area contributed by atoms with E-state index in [1.807, 2.05) is 0 Å². The number of hydrogen-bond donors (Lipinski definition) is 2. The van der Waals surface area contributed by atoms with E-state index in [1.54, 1.807) is 19.9 Å². The third-order valence-corrected chi connectivity index (χ3v) is 3.23.